The topological polar surface area (TPSA) is 188 Å². The zero-order valence-corrected chi connectivity index (χ0v) is 40.9. The number of pyridine rings is 6. The molecule has 16 nitrogen and oxygen atoms in total. The zero-order chi connectivity index (χ0) is 50.5. The van der Waals surface area contributed by atoms with Gasteiger partial charge >= 0.3 is 0 Å². The number of aromatic amines is 3. The molecule has 3 N–H and O–H groups in total. The van der Waals surface area contributed by atoms with Crippen molar-refractivity contribution in [2.24, 2.45) is 0 Å². The quantitative estimate of drug-likeness (QED) is 0.0883. The highest BCUT2D eigenvalue weighted by atomic mass is 19.1. The van der Waals surface area contributed by atoms with E-state index in [1.807, 2.05) is 92.7 Å². The Balaban J connectivity index is 0.830. The number of aryl methyl sites for hydroxylation is 3. The summed E-state index contributed by atoms with van der Waals surface area (Å²) in [5, 5.41) is 16.5. The number of rotatable bonds is 15. The van der Waals surface area contributed by atoms with Crippen molar-refractivity contribution in [1.82, 2.24) is 74.8 Å². The van der Waals surface area contributed by atoms with Crippen LogP contribution in [0.4, 0.5) is 8.78 Å². The fraction of sp³-hybridized carbons (Fsp3) is 0.179. The lowest BCUT2D eigenvalue weighted by Crippen LogP contribution is -2.32. The molecule has 18 heteroatoms. The summed E-state index contributed by atoms with van der Waals surface area (Å²) in [5.41, 5.74) is 14.3. The number of aromatic nitrogens is 14. The molecule has 0 amide bonds. The van der Waals surface area contributed by atoms with Gasteiger partial charge in [0.25, 0.3) is 0 Å². The van der Waals surface area contributed by atoms with Crippen LogP contribution >= 0.6 is 0 Å². The van der Waals surface area contributed by atoms with Gasteiger partial charge in [0, 0.05) is 83.8 Å². The van der Waals surface area contributed by atoms with Crippen LogP contribution in [0.5, 0.6) is 0 Å². The second-order valence-electron chi connectivity index (χ2n) is 18.9. The number of H-pyrrole nitrogens is 3. The maximum absolute atomic E-state index is 15.6. The van der Waals surface area contributed by atoms with E-state index in [1.54, 1.807) is 61.7 Å². The number of nitrogens with one attached hydrogen (secondary N) is 3. The number of hydrogen-bond acceptors (Lipinski definition) is 12. The molecule has 0 aliphatic rings. The third kappa shape index (κ3) is 8.95. The van der Waals surface area contributed by atoms with Crippen LogP contribution in [0.3, 0.4) is 0 Å². The second kappa shape index (κ2) is 19.1. The van der Waals surface area contributed by atoms with Gasteiger partial charge in [-0.15, -0.1) is 5.10 Å². The number of nitrogens with zero attached hydrogens (tertiary/aromatic N) is 13. The highest BCUT2D eigenvalue weighted by Crippen LogP contribution is 2.36. The molecule has 0 fully saturated rings. The van der Waals surface area contributed by atoms with Gasteiger partial charge in [-0.3, -0.25) is 40.0 Å². The first-order valence-corrected chi connectivity index (χ1v) is 24.3. The highest BCUT2D eigenvalue weighted by molar-refractivity contribution is 5.99. The lowest BCUT2D eigenvalue weighted by atomic mass is 10.0. The van der Waals surface area contributed by atoms with Crippen LogP contribution < -0.4 is 5.01 Å². The minimum atomic E-state index is -0.358. The molecule has 0 saturated carbocycles. The van der Waals surface area contributed by atoms with Crippen molar-refractivity contribution < 1.29 is 8.78 Å². The van der Waals surface area contributed by atoms with Crippen molar-refractivity contribution in [3.63, 3.8) is 0 Å². The Morgan fingerprint density at radius 1 is 0.554 bits per heavy atom. The molecule has 10 aromatic heterocycles. The molecule has 0 unspecified atom stereocenters. The van der Waals surface area contributed by atoms with Crippen LogP contribution in [0, 0.1) is 18.6 Å². The molecule has 12 aromatic rings. The Morgan fingerprint density at radius 3 is 1.82 bits per heavy atom. The molecule has 366 valence electrons. The van der Waals surface area contributed by atoms with E-state index in [4.69, 9.17) is 20.1 Å². The molecule has 0 radical (unpaired) electrons. The summed E-state index contributed by atoms with van der Waals surface area (Å²) < 4.78 is 30.8. The predicted octanol–water partition coefficient (Wildman–Crippen LogP) is 10.3. The van der Waals surface area contributed by atoms with Crippen LogP contribution in [-0.2, 0) is 12.8 Å². The molecule has 2 aromatic carbocycles. The number of benzene rings is 2. The van der Waals surface area contributed by atoms with Crippen LogP contribution in [0.1, 0.15) is 29.5 Å². The summed E-state index contributed by atoms with van der Waals surface area (Å²) in [6.45, 7) is 3.46. The van der Waals surface area contributed by atoms with Crippen LogP contribution in [0.25, 0.3) is 112 Å². The van der Waals surface area contributed by atoms with E-state index >= 15 is 8.78 Å². The summed E-state index contributed by atoms with van der Waals surface area (Å²) in [4.78, 5) is 48.1. The van der Waals surface area contributed by atoms with Crippen molar-refractivity contribution in [3.05, 3.63) is 157 Å². The molecule has 0 saturated heterocycles. The maximum atomic E-state index is 15.6. The summed E-state index contributed by atoms with van der Waals surface area (Å²) in [5.74, 6) is 0.411. The monoisotopic (exact) mass is 982 g/mol. The molecule has 0 aliphatic heterocycles. The van der Waals surface area contributed by atoms with Crippen LogP contribution in [-0.4, -0.2) is 109 Å². The fourth-order valence-electron chi connectivity index (χ4n) is 9.68. The van der Waals surface area contributed by atoms with Gasteiger partial charge in [0.15, 0.2) is 11.6 Å². The van der Waals surface area contributed by atoms with Gasteiger partial charge in [0.2, 0.25) is 0 Å². The Morgan fingerprint density at radius 2 is 1.16 bits per heavy atom. The minimum absolute atomic E-state index is 0.306. The van der Waals surface area contributed by atoms with E-state index in [2.05, 4.69) is 50.0 Å². The highest BCUT2D eigenvalue weighted by Gasteiger charge is 2.22. The molecular weight excluding hydrogens is 935 g/mol. The van der Waals surface area contributed by atoms with E-state index < -0.39 is 0 Å². The lowest BCUT2D eigenvalue weighted by Gasteiger charge is -2.20. The summed E-state index contributed by atoms with van der Waals surface area (Å²) in [7, 11) is 6.03. The third-order valence-corrected chi connectivity index (χ3v) is 13.3. The molecule has 0 bridgehead atoms. The first kappa shape index (κ1) is 45.9. The van der Waals surface area contributed by atoms with Gasteiger partial charge in [0.05, 0.1) is 63.8 Å². The Labute approximate surface area is 422 Å². The van der Waals surface area contributed by atoms with E-state index in [1.165, 1.54) is 12.1 Å². The average Bonchev–Trinajstić information content (AvgIpc) is 4.22. The minimum Gasteiger partial charge on any atom is -0.335 e. The first-order chi connectivity index (χ1) is 36.1. The van der Waals surface area contributed by atoms with Crippen molar-refractivity contribution in [2.45, 2.75) is 32.6 Å². The van der Waals surface area contributed by atoms with Gasteiger partial charge in [-0.05, 0) is 136 Å². The van der Waals surface area contributed by atoms with Gasteiger partial charge < -0.3 is 14.9 Å². The van der Waals surface area contributed by atoms with Crippen LogP contribution in [0.2, 0.25) is 0 Å². The number of fused-ring (bicyclic) bond motifs is 4. The summed E-state index contributed by atoms with van der Waals surface area (Å²) >= 11 is 0. The van der Waals surface area contributed by atoms with Crippen LogP contribution in [0.15, 0.2) is 129 Å². The Bertz CT molecular complexity index is 4040. The molecule has 10 heterocycles. The largest absolute Gasteiger partial charge is 0.335 e. The Kier molecular flexibility index (Phi) is 11.9. The SMILES string of the molecule is Cc1cncc(-c2cc3c(-c4nc5c(-c6cc(F)cc(CCCN(C)C)c6)cncc5[nH]4)nn(N(C)CCCc4cc(F)cc(-c5cncc6[nH]c(-c7n[nH]c8cnc(-c9ccncc9)cc78)nc56)c4)c3cn2)c1. The smallest absolute Gasteiger partial charge is 0.159 e. The van der Waals surface area contributed by atoms with Gasteiger partial charge in [-0.1, -0.05) is 12.1 Å². The third-order valence-electron chi connectivity index (χ3n) is 13.3. The van der Waals surface area contributed by atoms with Crippen molar-refractivity contribution >= 4 is 43.9 Å². The van der Waals surface area contributed by atoms with Gasteiger partial charge in [-0.25, -0.2) is 18.7 Å². The van der Waals surface area contributed by atoms with E-state index in [0.29, 0.717) is 86.7 Å². The maximum Gasteiger partial charge on any atom is 0.159 e. The van der Waals surface area contributed by atoms with E-state index in [-0.39, 0.29) is 11.6 Å². The fourth-order valence-corrected chi connectivity index (χ4v) is 9.68. The van der Waals surface area contributed by atoms with E-state index in [9.17, 15) is 0 Å². The summed E-state index contributed by atoms with van der Waals surface area (Å²) in [6, 6.07) is 20.1. The van der Waals surface area contributed by atoms with Gasteiger partial charge in [-0.2, -0.15) is 9.89 Å². The molecular formula is C56H48F2N16. The first-order valence-electron chi connectivity index (χ1n) is 24.3. The Hall–Kier alpha value is -9.16. The molecule has 0 aliphatic carbocycles. The zero-order valence-electron chi connectivity index (χ0n) is 40.9. The van der Waals surface area contributed by atoms with E-state index in [0.717, 1.165) is 80.4 Å². The number of hydrogen-bond donors (Lipinski definition) is 3. The average molecular weight is 983 g/mol. The predicted molar refractivity (Wildman–Crippen MR) is 283 cm³/mol. The number of halogens is 2. The molecule has 12 rings (SSSR count). The van der Waals surface area contributed by atoms with Crippen molar-refractivity contribution in [1.29, 1.82) is 0 Å². The van der Waals surface area contributed by atoms with Gasteiger partial charge in [0.1, 0.15) is 28.5 Å². The molecule has 74 heavy (non-hydrogen) atoms. The van der Waals surface area contributed by atoms with Crippen molar-refractivity contribution in [3.8, 4) is 67.8 Å². The second-order valence-corrected chi connectivity index (χ2v) is 18.9. The molecule has 0 atom stereocenters. The summed E-state index contributed by atoms with van der Waals surface area (Å²) in [6.07, 6.45) is 20.4. The normalized spacial score (nSPS) is 11.8. The molecule has 0 spiro atoms. The lowest BCUT2D eigenvalue weighted by molar-refractivity contribution is 0.400. The number of imidazole rings is 2. The standard InChI is InChI=1S/C56H48F2N16/c1-32-15-38(25-60-24-32)46-23-42-50(31-64-46)74(71-54(42)56-66-49-29-62-27-44(52(49)68-56)36-16-33(18-39(57)20-36)7-5-13-72(2)3)73(4)14-6-8-34-17-37(21-40(58)19-34)43-26-61-28-48-51(43)67-55(65-48)53-41-22-45(35-9-11-59-12-10-35)63-30-47(41)69-70-53/h9-12,15-31H,5-8,13-14H2,1-4H3,(H,65,67)(H,66,68)(H,69,70). The van der Waals surface area contributed by atoms with Crippen molar-refractivity contribution in [2.75, 3.05) is 39.2 Å².